The largest absolute Gasteiger partial charge is 0.496 e. The van der Waals surface area contributed by atoms with Crippen LogP contribution in [0, 0.1) is 0 Å². The lowest BCUT2D eigenvalue weighted by molar-refractivity contribution is 0.416. The van der Waals surface area contributed by atoms with Gasteiger partial charge < -0.3 is 10.5 Å². The van der Waals surface area contributed by atoms with Crippen LogP contribution in [0.1, 0.15) is 0 Å². The van der Waals surface area contributed by atoms with Gasteiger partial charge in [0.25, 0.3) is 0 Å². The summed E-state index contributed by atoms with van der Waals surface area (Å²) in [4.78, 5) is 5.62. The molecule has 114 valence electrons. The van der Waals surface area contributed by atoms with Crippen LogP contribution < -0.4 is 10.5 Å². The highest BCUT2D eigenvalue weighted by molar-refractivity contribution is 7.13. The molecular formula is C17H14N4OS. The minimum Gasteiger partial charge on any atom is -0.496 e. The second kappa shape index (κ2) is 5.40. The fourth-order valence-corrected chi connectivity index (χ4v) is 3.21. The lowest BCUT2D eigenvalue weighted by atomic mass is 10.1. The van der Waals surface area contributed by atoms with Crippen molar-refractivity contribution in [2.75, 3.05) is 12.8 Å². The molecule has 6 heteroatoms. The number of rotatable bonds is 3. The Labute approximate surface area is 137 Å². The average molecular weight is 322 g/mol. The summed E-state index contributed by atoms with van der Waals surface area (Å²) in [6.45, 7) is 0. The Kier molecular flexibility index (Phi) is 3.24. The Morgan fingerprint density at radius 3 is 2.78 bits per heavy atom. The van der Waals surface area contributed by atoms with Gasteiger partial charge in [0.2, 0.25) is 0 Å². The number of nitrogens with zero attached hydrogens (tertiary/aromatic N) is 3. The molecule has 0 atom stereocenters. The quantitative estimate of drug-likeness (QED) is 0.624. The summed E-state index contributed by atoms with van der Waals surface area (Å²) in [6, 6.07) is 15.7. The van der Waals surface area contributed by atoms with E-state index in [0.717, 1.165) is 21.8 Å². The summed E-state index contributed by atoms with van der Waals surface area (Å²) in [6.07, 6.45) is 0. The fourth-order valence-electron chi connectivity index (χ4n) is 2.56. The lowest BCUT2D eigenvalue weighted by Crippen LogP contribution is -1.99. The number of fused-ring (bicyclic) bond motifs is 1. The molecule has 0 spiro atoms. The predicted octanol–water partition coefficient (Wildman–Crippen LogP) is 3.72. The predicted molar refractivity (Wildman–Crippen MR) is 92.7 cm³/mol. The molecule has 0 aliphatic rings. The van der Waals surface area contributed by atoms with E-state index in [1.807, 2.05) is 53.9 Å². The zero-order valence-electron chi connectivity index (χ0n) is 12.4. The molecule has 0 radical (unpaired) electrons. The van der Waals surface area contributed by atoms with Gasteiger partial charge in [-0.25, -0.2) is 4.98 Å². The smallest absolute Gasteiger partial charge is 0.192 e. The number of benzene rings is 1. The number of hydrogen-bond donors (Lipinski definition) is 1. The van der Waals surface area contributed by atoms with Crippen LogP contribution >= 0.6 is 11.3 Å². The van der Waals surface area contributed by atoms with Gasteiger partial charge in [0, 0.05) is 5.56 Å². The van der Waals surface area contributed by atoms with E-state index in [-0.39, 0.29) is 0 Å². The summed E-state index contributed by atoms with van der Waals surface area (Å²) in [5, 5.41) is 6.50. The molecule has 0 aliphatic heterocycles. The van der Waals surface area contributed by atoms with Gasteiger partial charge in [-0.1, -0.05) is 24.3 Å². The van der Waals surface area contributed by atoms with Gasteiger partial charge in [-0.05, 0) is 35.2 Å². The second-order valence-electron chi connectivity index (χ2n) is 5.05. The van der Waals surface area contributed by atoms with Gasteiger partial charge in [0.05, 0.1) is 12.0 Å². The molecule has 3 heterocycles. The molecule has 2 N–H and O–H groups in total. The summed E-state index contributed by atoms with van der Waals surface area (Å²) in [5.41, 5.74) is 8.83. The van der Waals surface area contributed by atoms with Crippen molar-refractivity contribution in [1.29, 1.82) is 0 Å². The van der Waals surface area contributed by atoms with Crippen LogP contribution in [0.5, 0.6) is 5.75 Å². The van der Waals surface area contributed by atoms with Crippen molar-refractivity contribution in [3.8, 4) is 27.6 Å². The van der Waals surface area contributed by atoms with E-state index in [9.17, 15) is 0 Å². The van der Waals surface area contributed by atoms with Crippen LogP contribution in [0.25, 0.3) is 27.5 Å². The highest BCUT2D eigenvalue weighted by Gasteiger charge is 2.13. The number of methoxy groups -OCH3 is 1. The number of hydrogen-bond acceptors (Lipinski definition) is 5. The van der Waals surface area contributed by atoms with Gasteiger partial charge >= 0.3 is 0 Å². The van der Waals surface area contributed by atoms with Gasteiger partial charge in [0.1, 0.15) is 11.6 Å². The Bertz CT molecular complexity index is 976. The van der Waals surface area contributed by atoms with E-state index in [1.165, 1.54) is 0 Å². The van der Waals surface area contributed by atoms with Crippen molar-refractivity contribution in [1.82, 2.24) is 14.6 Å². The first-order valence-electron chi connectivity index (χ1n) is 7.10. The molecule has 5 nitrogen and oxygen atoms in total. The molecule has 1 aromatic carbocycles. The first-order chi connectivity index (χ1) is 11.3. The third-order valence-electron chi connectivity index (χ3n) is 3.62. The average Bonchev–Trinajstić information content (AvgIpc) is 3.23. The number of pyridine rings is 1. The summed E-state index contributed by atoms with van der Waals surface area (Å²) in [7, 11) is 1.66. The van der Waals surface area contributed by atoms with Crippen LogP contribution in [0.3, 0.4) is 0 Å². The Morgan fingerprint density at radius 1 is 1.13 bits per heavy atom. The topological polar surface area (TPSA) is 65.4 Å². The van der Waals surface area contributed by atoms with E-state index in [4.69, 9.17) is 10.5 Å². The fraction of sp³-hybridized carbons (Fsp3) is 0.0588. The zero-order chi connectivity index (χ0) is 15.8. The van der Waals surface area contributed by atoms with Crippen molar-refractivity contribution in [3.05, 3.63) is 53.9 Å². The molecule has 0 saturated heterocycles. The van der Waals surface area contributed by atoms with Crippen molar-refractivity contribution in [2.24, 2.45) is 0 Å². The van der Waals surface area contributed by atoms with Crippen LogP contribution in [-0.4, -0.2) is 21.7 Å². The standard InChI is InChI=1S/C17H14N4OS/c1-22-13-6-3-2-5-12(13)11-9-15(18)21-16(10-11)19-17(20-21)14-7-4-8-23-14/h2-10H,18H2,1H3. The van der Waals surface area contributed by atoms with E-state index < -0.39 is 0 Å². The van der Waals surface area contributed by atoms with Crippen LogP contribution in [-0.2, 0) is 0 Å². The third kappa shape index (κ3) is 2.33. The zero-order valence-corrected chi connectivity index (χ0v) is 13.2. The van der Waals surface area contributed by atoms with Crippen molar-refractivity contribution in [3.63, 3.8) is 0 Å². The molecule has 4 aromatic rings. The highest BCUT2D eigenvalue weighted by atomic mass is 32.1. The number of anilines is 1. The minimum atomic E-state index is 0.540. The number of aromatic nitrogens is 3. The first kappa shape index (κ1) is 13.8. The van der Waals surface area contributed by atoms with E-state index >= 15 is 0 Å². The van der Waals surface area contributed by atoms with Crippen LogP contribution in [0.15, 0.2) is 53.9 Å². The molecular weight excluding hydrogens is 308 g/mol. The molecule has 0 amide bonds. The van der Waals surface area contributed by atoms with E-state index in [0.29, 0.717) is 17.3 Å². The highest BCUT2D eigenvalue weighted by Crippen LogP contribution is 2.32. The number of nitrogen functional groups attached to an aromatic ring is 1. The summed E-state index contributed by atoms with van der Waals surface area (Å²) in [5.74, 6) is 2.02. The maximum Gasteiger partial charge on any atom is 0.192 e. The van der Waals surface area contributed by atoms with Crippen molar-refractivity contribution >= 4 is 22.8 Å². The summed E-state index contributed by atoms with van der Waals surface area (Å²) < 4.78 is 7.09. The Morgan fingerprint density at radius 2 is 2.00 bits per heavy atom. The first-order valence-corrected chi connectivity index (χ1v) is 7.98. The second-order valence-corrected chi connectivity index (χ2v) is 6.00. The van der Waals surface area contributed by atoms with Gasteiger partial charge in [-0.2, -0.15) is 4.52 Å². The molecule has 4 rings (SSSR count). The van der Waals surface area contributed by atoms with Gasteiger partial charge in [0.15, 0.2) is 11.5 Å². The molecule has 23 heavy (non-hydrogen) atoms. The monoisotopic (exact) mass is 322 g/mol. The van der Waals surface area contributed by atoms with Gasteiger partial charge in [-0.3, -0.25) is 0 Å². The number of ether oxygens (including phenoxy) is 1. The van der Waals surface area contributed by atoms with Crippen LogP contribution in [0.4, 0.5) is 5.82 Å². The van der Waals surface area contributed by atoms with E-state index in [2.05, 4.69) is 10.1 Å². The number of thiophene rings is 1. The molecule has 3 aromatic heterocycles. The SMILES string of the molecule is COc1ccccc1-c1cc(N)n2nc(-c3cccs3)nc2c1. The van der Waals surface area contributed by atoms with Crippen molar-refractivity contribution < 1.29 is 4.74 Å². The molecule has 0 bridgehead atoms. The third-order valence-corrected chi connectivity index (χ3v) is 4.49. The van der Waals surface area contributed by atoms with E-state index in [1.54, 1.807) is 23.0 Å². The molecule has 0 saturated carbocycles. The normalized spacial score (nSPS) is 11.0. The Balaban J connectivity index is 1.90. The van der Waals surface area contributed by atoms with Crippen molar-refractivity contribution in [2.45, 2.75) is 0 Å². The van der Waals surface area contributed by atoms with Crippen LogP contribution in [0.2, 0.25) is 0 Å². The number of nitrogens with two attached hydrogens (primary N) is 1. The maximum absolute atomic E-state index is 6.18. The lowest BCUT2D eigenvalue weighted by Gasteiger charge is -2.09. The summed E-state index contributed by atoms with van der Waals surface area (Å²) >= 11 is 1.60. The minimum absolute atomic E-state index is 0.540. The molecule has 0 aliphatic carbocycles. The molecule has 0 unspecified atom stereocenters. The number of para-hydroxylation sites is 1. The maximum atomic E-state index is 6.18. The molecule has 0 fully saturated rings. The van der Waals surface area contributed by atoms with Gasteiger partial charge in [-0.15, -0.1) is 16.4 Å². The Hall–Kier alpha value is -2.86.